The molecule has 9 unspecified atom stereocenters. The second kappa shape index (κ2) is 22.1. The van der Waals surface area contributed by atoms with Gasteiger partial charge in [0.2, 0.25) is 11.4 Å². The molecule has 364 valence electrons. The summed E-state index contributed by atoms with van der Waals surface area (Å²) in [6.45, 7) is 32.5. The molecule has 10 nitrogen and oxygen atoms in total. The van der Waals surface area contributed by atoms with Crippen LogP contribution in [0.2, 0.25) is 0 Å². The van der Waals surface area contributed by atoms with E-state index in [1.165, 1.54) is 18.4 Å². The van der Waals surface area contributed by atoms with Crippen LogP contribution in [0.3, 0.4) is 0 Å². The highest BCUT2D eigenvalue weighted by atomic mass is 16.5. The lowest BCUT2D eigenvalue weighted by molar-refractivity contribution is -0.750. The zero-order valence-corrected chi connectivity index (χ0v) is 43.3. The Hall–Kier alpha value is -4.44. The largest absolute Gasteiger partial charge is 0.481 e. The Labute approximate surface area is 398 Å². The molecule has 0 saturated heterocycles. The van der Waals surface area contributed by atoms with Gasteiger partial charge in [-0.2, -0.15) is 4.57 Å². The minimum absolute atomic E-state index is 0.0128. The van der Waals surface area contributed by atoms with E-state index in [1.54, 1.807) is 13.3 Å². The van der Waals surface area contributed by atoms with Gasteiger partial charge in [0.25, 0.3) is 0 Å². The van der Waals surface area contributed by atoms with Gasteiger partial charge in [-0.25, -0.2) is 4.98 Å². The molecule has 0 aliphatic heterocycles. The maximum absolute atomic E-state index is 14.3. The summed E-state index contributed by atoms with van der Waals surface area (Å²) in [5.41, 5.74) is 5.24. The Morgan fingerprint density at radius 2 is 1.74 bits per heavy atom. The molecule has 0 bridgehead atoms. The van der Waals surface area contributed by atoms with Gasteiger partial charge in [-0.1, -0.05) is 60.6 Å². The van der Waals surface area contributed by atoms with Gasteiger partial charge in [0.1, 0.15) is 12.3 Å². The minimum Gasteiger partial charge on any atom is -0.481 e. The number of nitrogens with zero attached hydrogens (tertiary/aromatic N) is 4. The van der Waals surface area contributed by atoms with Crippen LogP contribution in [0, 0.1) is 52.8 Å². The van der Waals surface area contributed by atoms with Crippen molar-refractivity contribution < 1.29 is 33.5 Å². The highest BCUT2D eigenvalue weighted by molar-refractivity contribution is 6.02. The standard InChI is InChI=1S/C53H77N4O5.C2H4.CH4O/c1-33(2)42-18-15-35(5)31-57(42)50(9,32-58)29-47(60)62-37(7)22-25-51(10)36(6)21-24-52(11)41-23-26-53(27-43(59)48(34(3)4)49(53)40(41)17-19-44(51)52)28-45(54-12)56(13)38(8)39-16-20-46(61-14)55-30-39;2*1-2/h15-16,18,20,30-34,36-37,40-41,44H,8,17,19,21-29H2,1-7,9-14H3;1-2H2;2H,1H3/q+1;;. The molecular weight excluding hydrogens is 825 g/mol. The number of Topliss-reactive ketones (excluding diaryl/α,β-unsaturated/α-hetero) is 1. The number of aryl methyl sites for hydroxylation is 1. The van der Waals surface area contributed by atoms with Crippen molar-refractivity contribution >= 4 is 29.6 Å². The van der Waals surface area contributed by atoms with E-state index in [0.717, 1.165) is 85.8 Å². The second-order valence-corrected chi connectivity index (χ2v) is 21.3. The fourth-order valence-electron chi connectivity index (χ4n) is 13.1. The van der Waals surface area contributed by atoms with Crippen LogP contribution in [-0.4, -0.2) is 73.3 Å². The average Bonchev–Trinajstić information content (AvgIpc) is 3.61. The lowest BCUT2D eigenvalue weighted by atomic mass is 9.40. The van der Waals surface area contributed by atoms with E-state index >= 15 is 0 Å². The molecule has 4 aliphatic carbocycles. The number of carbonyl (C=O) groups is 3. The third-order valence-corrected chi connectivity index (χ3v) is 16.7. The molecule has 3 saturated carbocycles. The second-order valence-electron chi connectivity index (χ2n) is 21.3. The lowest BCUT2D eigenvalue weighted by Crippen LogP contribution is -2.59. The van der Waals surface area contributed by atoms with Crippen molar-refractivity contribution in [1.82, 2.24) is 9.88 Å². The lowest BCUT2D eigenvalue weighted by Gasteiger charge is -2.65. The summed E-state index contributed by atoms with van der Waals surface area (Å²) in [5, 5.41) is 7.00. The predicted molar refractivity (Wildman–Crippen MR) is 267 cm³/mol. The minimum atomic E-state index is -1.04. The third-order valence-electron chi connectivity index (χ3n) is 16.7. The summed E-state index contributed by atoms with van der Waals surface area (Å²) >= 11 is 0. The molecule has 0 amide bonds. The van der Waals surface area contributed by atoms with Crippen LogP contribution < -0.4 is 9.30 Å². The first kappa shape index (κ1) is 54.2. The number of aliphatic hydroxyl groups is 1. The van der Waals surface area contributed by atoms with Gasteiger partial charge < -0.3 is 19.5 Å². The van der Waals surface area contributed by atoms with Crippen molar-refractivity contribution in [3.05, 3.63) is 84.4 Å². The van der Waals surface area contributed by atoms with Crippen molar-refractivity contribution in [2.75, 3.05) is 28.3 Å². The van der Waals surface area contributed by atoms with E-state index in [1.807, 2.05) is 57.8 Å². The summed E-state index contributed by atoms with van der Waals surface area (Å²) in [4.78, 5) is 51.9. The smallest absolute Gasteiger partial charge is 0.313 e. The fourth-order valence-corrected chi connectivity index (χ4v) is 13.1. The average molecular weight is 910 g/mol. The van der Waals surface area contributed by atoms with Gasteiger partial charge in [-0.05, 0) is 123 Å². The summed E-state index contributed by atoms with van der Waals surface area (Å²) in [7, 11) is 6.52. The topological polar surface area (TPSA) is 122 Å². The number of aromatic nitrogens is 2. The predicted octanol–water partition coefficient (Wildman–Crippen LogP) is 11.0. The quantitative estimate of drug-likeness (QED) is 0.0468. The molecule has 2 aromatic rings. The third kappa shape index (κ3) is 10.5. The number of aldehydes is 1. The molecule has 66 heavy (non-hydrogen) atoms. The Balaban J connectivity index is 0.00000232. The first-order valence-electron chi connectivity index (χ1n) is 24.5. The molecular formula is C56H85N4O6+. The highest BCUT2D eigenvalue weighted by Crippen LogP contribution is 2.70. The Bertz CT molecular complexity index is 2110. The highest BCUT2D eigenvalue weighted by Gasteiger charge is 2.63. The number of allylic oxidation sites excluding steroid dienone is 2. The number of hydrogen-bond donors (Lipinski definition) is 1. The first-order valence-corrected chi connectivity index (χ1v) is 24.5. The molecule has 0 radical (unpaired) electrons. The van der Waals surface area contributed by atoms with Crippen LogP contribution in [-0.2, 0) is 24.7 Å². The fraction of sp³-hybridized carbons (Fsp3) is 0.643. The number of ketones is 1. The number of hydrogen-bond acceptors (Lipinski definition) is 8. The van der Waals surface area contributed by atoms with E-state index < -0.39 is 5.54 Å². The van der Waals surface area contributed by atoms with Gasteiger partial charge in [-0.15, -0.1) is 13.2 Å². The number of rotatable bonds is 15. The van der Waals surface area contributed by atoms with Gasteiger partial charge in [0.05, 0.1) is 13.2 Å². The molecule has 2 aromatic heterocycles. The number of ether oxygens (including phenoxy) is 2. The molecule has 6 rings (SSSR count). The van der Waals surface area contributed by atoms with Crippen LogP contribution in [0.4, 0.5) is 0 Å². The number of aliphatic imine (C=N–C) groups is 1. The molecule has 0 aromatic carbocycles. The number of carbonyl (C=O) groups excluding carboxylic acids is 3. The van der Waals surface area contributed by atoms with E-state index in [0.29, 0.717) is 48.2 Å². The monoisotopic (exact) mass is 910 g/mol. The molecule has 9 atom stereocenters. The summed E-state index contributed by atoms with van der Waals surface area (Å²) in [5.74, 6) is 3.81. The van der Waals surface area contributed by atoms with Crippen molar-refractivity contribution in [1.29, 1.82) is 0 Å². The number of fused-ring (bicyclic) bond motifs is 5. The van der Waals surface area contributed by atoms with Gasteiger partial charge in [0.15, 0.2) is 24.0 Å². The maximum Gasteiger partial charge on any atom is 0.313 e. The Morgan fingerprint density at radius 1 is 1.06 bits per heavy atom. The van der Waals surface area contributed by atoms with Crippen molar-refractivity contribution in [3.8, 4) is 5.88 Å². The molecule has 1 N–H and O–H groups in total. The molecule has 4 aliphatic rings. The summed E-state index contributed by atoms with van der Waals surface area (Å²) in [6, 6.07) is 7.94. The Kier molecular flexibility index (Phi) is 18.2. The van der Waals surface area contributed by atoms with Gasteiger partial charge in [-0.3, -0.25) is 19.4 Å². The van der Waals surface area contributed by atoms with E-state index in [9.17, 15) is 14.4 Å². The number of esters is 1. The van der Waals surface area contributed by atoms with E-state index in [4.69, 9.17) is 19.6 Å². The van der Waals surface area contributed by atoms with E-state index in [2.05, 4.69) is 90.2 Å². The zero-order valence-electron chi connectivity index (χ0n) is 43.3. The SMILES string of the molecule is C=C.C=C(c1ccc(OC)nc1)N(C)C(CC12CCC3C(CCC4C(C)(CCC(C)OC(=O)CC(C)(C=O)[n+]5cc(C)ccc5C(C)C)C(C)CCC34C)C1=C(C(C)C)C(=O)C2)=NC.CO. The number of amidine groups is 1. The summed E-state index contributed by atoms with van der Waals surface area (Å²) in [6.07, 6.45) is 14.1. The Morgan fingerprint density at radius 3 is 2.32 bits per heavy atom. The van der Waals surface area contributed by atoms with Crippen LogP contribution >= 0.6 is 0 Å². The van der Waals surface area contributed by atoms with Crippen LogP contribution in [0.15, 0.2) is 72.5 Å². The maximum atomic E-state index is 14.3. The number of methoxy groups -OCH3 is 1. The van der Waals surface area contributed by atoms with Crippen LogP contribution in [0.25, 0.3) is 5.70 Å². The van der Waals surface area contributed by atoms with Gasteiger partial charge in [0, 0.05) is 87.5 Å². The summed E-state index contributed by atoms with van der Waals surface area (Å²) < 4.78 is 13.4. The van der Waals surface area contributed by atoms with Crippen molar-refractivity contribution in [2.24, 2.45) is 50.8 Å². The van der Waals surface area contributed by atoms with Crippen molar-refractivity contribution in [3.63, 3.8) is 0 Å². The molecule has 10 heteroatoms. The molecule has 2 heterocycles. The molecule has 3 fully saturated rings. The molecule has 0 spiro atoms. The first-order chi connectivity index (χ1) is 31.2. The van der Waals surface area contributed by atoms with E-state index in [-0.39, 0.29) is 46.6 Å². The zero-order chi connectivity index (χ0) is 49.5. The normalized spacial score (nSPS) is 28.3. The number of pyridine rings is 2. The van der Waals surface area contributed by atoms with Crippen molar-refractivity contribution in [2.45, 2.75) is 157 Å². The van der Waals surface area contributed by atoms with Crippen LogP contribution in [0.5, 0.6) is 5.88 Å². The number of aliphatic hydroxyl groups excluding tert-OH is 1. The van der Waals surface area contributed by atoms with Gasteiger partial charge >= 0.3 is 5.97 Å². The van der Waals surface area contributed by atoms with Crippen LogP contribution in [0.1, 0.15) is 156 Å².